The molecule has 1 aliphatic carbocycles. The van der Waals surface area contributed by atoms with Gasteiger partial charge in [-0.05, 0) is 22.7 Å². The normalized spacial score (nSPS) is 17.1. The van der Waals surface area contributed by atoms with E-state index in [4.69, 9.17) is 0 Å². The molecule has 0 atom stereocenters. The topological polar surface area (TPSA) is 110 Å². The number of hydrogen-bond donors (Lipinski definition) is 2. The number of nitrogens with zero attached hydrogens (tertiary/aromatic N) is 3. The molecule has 1 saturated carbocycles. The predicted octanol–water partition coefficient (Wildman–Crippen LogP) is 0.521. The van der Waals surface area contributed by atoms with Gasteiger partial charge in [-0.15, -0.1) is 0 Å². The van der Waals surface area contributed by atoms with E-state index in [0.29, 0.717) is 18.7 Å². The fourth-order valence-electron chi connectivity index (χ4n) is 2.42. The third-order valence-electron chi connectivity index (χ3n) is 3.61. The number of hydrogen-bond acceptors (Lipinski definition) is 5. The molecule has 1 aliphatic rings. The molecule has 1 heterocycles. The van der Waals surface area contributed by atoms with Crippen molar-refractivity contribution in [2.45, 2.75) is 44.8 Å². The van der Waals surface area contributed by atoms with Gasteiger partial charge in [-0.25, -0.2) is 0 Å². The van der Waals surface area contributed by atoms with Crippen LogP contribution in [0.2, 0.25) is 0 Å². The summed E-state index contributed by atoms with van der Waals surface area (Å²) in [6.45, 7) is 1.79. The van der Waals surface area contributed by atoms with Gasteiger partial charge in [-0.2, -0.15) is 0 Å². The number of aliphatic hydroxyl groups is 1. The van der Waals surface area contributed by atoms with Crippen molar-refractivity contribution < 1.29 is 14.8 Å². The minimum Gasteiger partial charge on any atom is -0.388 e. The van der Waals surface area contributed by atoms with Crippen molar-refractivity contribution in [3.63, 3.8) is 0 Å². The van der Waals surface area contributed by atoms with Crippen molar-refractivity contribution in [2.75, 3.05) is 6.54 Å². The number of carbonyl (C=O) groups excluding carboxylic acids is 1. The molecule has 20 heavy (non-hydrogen) atoms. The molecule has 0 unspecified atom stereocenters. The Labute approximate surface area is 116 Å². The van der Waals surface area contributed by atoms with Crippen LogP contribution in [0.1, 0.15) is 31.5 Å². The SMILES string of the molecule is Cc1nc([N+](=O)[O-])cn1CC(=O)NCC1(O)CCCC1. The Morgan fingerprint density at radius 1 is 1.60 bits per heavy atom. The van der Waals surface area contributed by atoms with Gasteiger partial charge in [-0.3, -0.25) is 9.36 Å². The number of rotatable bonds is 5. The minimum atomic E-state index is -0.800. The van der Waals surface area contributed by atoms with E-state index in [0.717, 1.165) is 12.8 Å². The van der Waals surface area contributed by atoms with Crippen LogP contribution in [0, 0.1) is 17.0 Å². The van der Waals surface area contributed by atoms with Gasteiger partial charge in [0, 0.05) is 13.5 Å². The fourth-order valence-corrected chi connectivity index (χ4v) is 2.42. The average Bonchev–Trinajstić information content (AvgIpc) is 2.96. The van der Waals surface area contributed by atoms with Gasteiger partial charge in [0.1, 0.15) is 12.7 Å². The van der Waals surface area contributed by atoms with E-state index in [2.05, 4.69) is 10.3 Å². The van der Waals surface area contributed by atoms with E-state index in [1.165, 1.54) is 10.8 Å². The summed E-state index contributed by atoms with van der Waals surface area (Å²) in [6.07, 6.45) is 4.57. The summed E-state index contributed by atoms with van der Waals surface area (Å²) in [5, 5.41) is 23.4. The summed E-state index contributed by atoms with van der Waals surface area (Å²) in [5.74, 6) is -0.156. The van der Waals surface area contributed by atoms with Crippen LogP contribution in [0.5, 0.6) is 0 Å². The highest BCUT2D eigenvalue weighted by atomic mass is 16.6. The molecule has 1 fully saturated rings. The average molecular weight is 282 g/mol. The quantitative estimate of drug-likeness (QED) is 0.604. The Morgan fingerprint density at radius 3 is 2.80 bits per heavy atom. The Hall–Kier alpha value is -1.96. The van der Waals surface area contributed by atoms with E-state index >= 15 is 0 Å². The van der Waals surface area contributed by atoms with E-state index in [-0.39, 0.29) is 24.8 Å². The van der Waals surface area contributed by atoms with Crippen LogP contribution in [0.25, 0.3) is 0 Å². The molecule has 110 valence electrons. The molecule has 0 radical (unpaired) electrons. The van der Waals surface area contributed by atoms with Crippen LogP contribution < -0.4 is 5.32 Å². The van der Waals surface area contributed by atoms with Crippen LogP contribution in [0.4, 0.5) is 5.82 Å². The van der Waals surface area contributed by atoms with Gasteiger partial charge in [0.2, 0.25) is 11.7 Å². The number of imidazole rings is 1. The van der Waals surface area contributed by atoms with E-state index in [1.54, 1.807) is 6.92 Å². The first-order valence-electron chi connectivity index (χ1n) is 6.57. The molecule has 8 nitrogen and oxygen atoms in total. The van der Waals surface area contributed by atoms with Gasteiger partial charge < -0.3 is 20.5 Å². The van der Waals surface area contributed by atoms with Gasteiger partial charge in [0.05, 0.1) is 5.60 Å². The van der Waals surface area contributed by atoms with E-state index in [1.807, 2.05) is 0 Å². The molecular weight excluding hydrogens is 264 g/mol. The minimum absolute atomic E-state index is 0.0389. The number of aromatic nitrogens is 2. The summed E-state index contributed by atoms with van der Waals surface area (Å²) >= 11 is 0. The highest BCUT2D eigenvalue weighted by Crippen LogP contribution is 2.28. The lowest BCUT2D eigenvalue weighted by Gasteiger charge is -2.22. The van der Waals surface area contributed by atoms with E-state index in [9.17, 15) is 20.0 Å². The molecule has 1 aromatic rings. The summed E-state index contributed by atoms with van der Waals surface area (Å²) in [4.78, 5) is 25.5. The molecule has 2 rings (SSSR count). The highest BCUT2D eigenvalue weighted by molar-refractivity contribution is 5.75. The highest BCUT2D eigenvalue weighted by Gasteiger charge is 2.31. The molecule has 1 amide bonds. The molecule has 0 spiro atoms. The lowest BCUT2D eigenvalue weighted by Crippen LogP contribution is -2.41. The van der Waals surface area contributed by atoms with Crippen molar-refractivity contribution in [2.24, 2.45) is 0 Å². The maximum atomic E-state index is 11.8. The summed E-state index contributed by atoms with van der Waals surface area (Å²) in [6, 6.07) is 0. The number of carbonyl (C=O) groups is 1. The first kappa shape index (κ1) is 14.4. The molecule has 0 bridgehead atoms. The lowest BCUT2D eigenvalue weighted by atomic mass is 10.0. The standard InChI is InChI=1S/C12H18N4O4/c1-9-14-10(16(19)20)6-15(9)7-11(17)13-8-12(18)4-2-3-5-12/h6,18H,2-5,7-8H2,1H3,(H,13,17). The Kier molecular flexibility index (Phi) is 4.03. The molecular formula is C12H18N4O4. The second kappa shape index (κ2) is 5.58. The van der Waals surface area contributed by atoms with E-state index < -0.39 is 10.5 Å². The Balaban J connectivity index is 1.89. The van der Waals surface area contributed by atoms with Crippen LogP contribution in [0.3, 0.4) is 0 Å². The number of nitrogens with one attached hydrogen (secondary N) is 1. The zero-order valence-corrected chi connectivity index (χ0v) is 11.3. The molecule has 1 aromatic heterocycles. The Morgan fingerprint density at radius 2 is 2.25 bits per heavy atom. The number of amides is 1. The lowest BCUT2D eigenvalue weighted by molar-refractivity contribution is -0.389. The second-order valence-corrected chi connectivity index (χ2v) is 5.24. The number of aryl methyl sites for hydroxylation is 1. The van der Waals surface area contributed by atoms with Gasteiger partial charge in [0.15, 0.2) is 0 Å². The van der Waals surface area contributed by atoms with Crippen LogP contribution in [0.15, 0.2) is 6.20 Å². The van der Waals surface area contributed by atoms with Gasteiger partial charge in [0.25, 0.3) is 0 Å². The maximum Gasteiger partial charge on any atom is 0.381 e. The zero-order chi connectivity index (χ0) is 14.8. The number of nitro groups is 1. The molecule has 8 heteroatoms. The molecule has 0 saturated heterocycles. The van der Waals surface area contributed by atoms with Crippen molar-refractivity contribution >= 4 is 11.7 Å². The van der Waals surface area contributed by atoms with Crippen molar-refractivity contribution in [3.05, 3.63) is 22.1 Å². The summed E-state index contributed by atoms with van der Waals surface area (Å²) in [7, 11) is 0. The fraction of sp³-hybridized carbons (Fsp3) is 0.667. The third kappa shape index (κ3) is 3.32. The molecule has 0 aromatic carbocycles. The van der Waals surface area contributed by atoms with Crippen LogP contribution in [-0.4, -0.2) is 37.6 Å². The summed E-state index contributed by atoms with van der Waals surface area (Å²) in [5.41, 5.74) is -0.800. The second-order valence-electron chi connectivity index (χ2n) is 5.24. The van der Waals surface area contributed by atoms with Crippen LogP contribution in [-0.2, 0) is 11.3 Å². The predicted molar refractivity (Wildman–Crippen MR) is 70.0 cm³/mol. The molecule has 2 N–H and O–H groups in total. The first-order chi connectivity index (χ1) is 9.39. The molecule has 0 aliphatic heterocycles. The Bertz CT molecular complexity index is 520. The zero-order valence-electron chi connectivity index (χ0n) is 11.3. The third-order valence-corrected chi connectivity index (χ3v) is 3.61. The maximum absolute atomic E-state index is 11.8. The largest absolute Gasteiger partial charge is 0.388 e. The summed E-state index contributed by atoms with van der Waals surface area (Å²) < 4.78 is 1.42. The monoisotopic (exact) mass is 282 g/mol. The van der Waals surface area contributed by atoms with Gasteiger partial charge >= 0.3 is 5.82 Å². The van der Waals surface area contributed by atoms with Gasteiger partial charge in [-0.1, -0.05) is 12.8 Å². The van der Waals surface area contributed by atoms with Crippen LogP contribution >= 0.6 is 0 Å². The smallest absolute Gasteiger partial charge is 0.381 e. The van der Waals surface area contributed by atoms with Crippen molar-refractivity contribution in [1.29, 1.82) is 0 Å². The van der Waals surface area contributed by atoms with Crippen molar-refractivity contribution in [1.82, 2.24) is 14.9 Å². The first-order valence-corrected chi connectivity index (χ1v) is 6.57. The van der Waals surface area contributed by atoms with Crippen molar-refractivity contribution in [3.8, 4) is 0 Å².